The number of nitrogens with one attached hydrogen (secondary N) is 1. The zero-order chi connectivity index (χ0) is 20.2. The molecular formula is C24H23BN3S. The van der Waals surface area contributed by atoms with E-state index in [1.807, 2.05) is 24.4 Å². The Bertz CT molecular complexity index is 1130. The summed E-state index contributed by atoms with van der Waals surface area (Å²) in [7, 11) is 6.08. The van der Waals surface area contributed by atoms with E-state index in [-0.39, 0.29) is 0 Å². The van der Waals surface area contributed by atoms with Gasteiger partial charge in [-0.1, -0.05) is 30.3 Å². The van der Waals surface area contributed by atoms with E-state index in [2.05, 4.69) is 66.5 Å². The first-order chi connectivity index (χ1) is 14.2. The van der Waals surface area contributed by atoms with Gasteiger partial charge < -0.3 is 15.2 Å². The number of hydrogen-bond donors (Lipinski definition) is 2. The molecule has 3 heterocycles. The first kappa shape index (κ1) is 19.4. The Balaban J connectivity index is 1.59. The van der Waals surface area contributed by atoms with E-state index in [9.17, 15) is 0 Å². The second kappa shape index (κ2) is 8.64. The molecule has 1 aliphatic rings. The maximum Gasteiger partial charge on any atom is 0.150 e. The van der Waals surface area contributed by atoms with Gasteiger partial charge in [-0.3, -0.25) is 0 Å². The van der Waals surface area contributed by atoms with Crippen LogP contribution in [0.4, 0.5) is 0 Å². The summed E-state index contributed by atoms with van der Waals surface area (Å²) >= 11 is 1.79. The van der Waals surface area contributed by atoms with Crippen molar-refractivity contribution in [2.24, 2.45) is 5.73 Å². The second-order valence-electron chi connectivity index (χ2n) is 7.00. The van der Waals surface area contributed by atoms with Crippen molar-refractivity contribution in [3.8, 4) is 10.4 Å². The van der Waals surface area contributed by atoms with Crippen molar-refractivity contribution in [1.82, 2.24) is 4.98 Å². The van der Waals surface area contributed by atoms with E-state index < -0.39 is 0 Å². The molecule has 3 aromatic rings. The first-order valence-electron chi connectivity index (χ1n) is 9.67. The van der Waals surface area contributed by atoms with Crippen LogP contribution in [0.25, 0.3) is 28.2 Å². The van der Waals surface area contributed by atoms with E-state index >= 15 is 0 Å². The van der Waals surface area contributed by atoms with Crippen LogP contribution >= 0.6 is 11.3 Å². The number of nitrogens with two attached hydrogens (primary N) is 1. The van der Waals surface area contributed by atoms with Gasteiger partial charge in [0, 0.05) is 33.2 Å². The van der Waals surface area contributed by atoms with Crippen molar-refractivity contribution in [1.29, 1.82) is 0 Å². The lowest BCUT2D eigenvalue weighted by molar-refractivity contribution is -0.294. The molecule has 0 saturated heterocycles. The molecule has 0 atom stereocenters. The molecule has 4 rings (SSSR count). The van der Waals surface area contributed by atoms with Gasteiger partial charge in [-0.2, -0.15) is 0 Å². The first-order valence-corrected chi connectivity index (χ1v) is 10.5. The number of aromatic nitrogens is 1. The molecule has 1 aromatic carbocycles. The highest BCUT2D eigenvalue weighted by molar-refractivity contribution is 7.16. The van der Waals surface area contributed by atoms with Crippen molar-refractivity contribution in [2.45, 2.75) is 13.3 Å². The molecule has 143 valence electrons. The summed E-state index contributed by atoms with van der Waals surface area (Å²) < 4.78 is 1.65. The molecule has 0 aliphatic carbocycles. The lowest BCUT2D eigenvalue weighted by atomic mass is 10.0. The topological polar surface area (TPSA) is 44.8 Å². The molecule has 0 bridgehead atoms. The van der Waals surface area contributed by atoms with E-state index in [1.165, 1.54) is 20.9 Å². The Morgan fingerprint density at radius 2 is 2.00 bits per heavy atom. The summed E-state index contributed by atoms with van der Waals surface area (Å²) in [6.45, 7) is 2.68. The van der Waals surface area contributed by atoms with Gasteiger partial charge in [0.15, 0.2) is 5.70 Å². The molecule has 0 amide bonds. The quantitative estimate of drug-likeness (QED) is 0.565. The zero-order valence-corrected chi connectivity index (χ0v) is 17.2. The summed E-state index contributed by atoms with van der Waals surface area (Å²) in [4.78, 5) is 6.04. The molecule has 29 heavy (non-hydrogen) atoms. The van der Waals surface area contributed by atoms with Crippen LogP contribution in [0.2, 0.25) is 0 Å². The number of allylic oxidation sites excluding steroid dienone is 2. The number of aromatic amines is 1. The van der Waals surface area contributed by atoms with Crippen molar-refractivity contribution in [2.75, 3.05) is 6.54 Å². The number of H-pyrrole nitrogens is 1. The van der Waals surface area contributed by atoms with Crippen LogP contribution in [0.15, 0.2) is 66.4 Å². The standard InChI is InChI=1S/C24H23BN3S/c1-17-16-19(27-24(17)21(13-14-26)22-8-5-15-28(22)25)9-10-20-11-12-23(29-20)18-6-3-2-4-7-18/h2-12,15-16,27H,13-14,26H2,1H3/b10-9+,22-21?. The van der Waals surface area contributed by atoms with E-state index in [0.29, 0.717) is 6.54 Å². The summed E-state index contributed by atoms with van der Waals surface area (Å²) in [6, 6.07) is 17.0. The minimum Gasteiger partial charge on any atom is -0.509 e. The van der Waals surface area contributed by atoms with Crippen LogP contribution in [0.3, 0.4) is 0 Å². The van der Waals surface area contributed by atoms with Crippen molar-refractivity contribution in [3.63, 3.8) is 0 Å². The maximum atomic E-state index is 6.08. The van der Waals surface area contributed by atoms with Crippen LogP contribution in [-0.4, -0.2) is 30.2 Å². The zero-order valence-electron chi connectivity index (χ0n) is 16.4. The van der Waals surface area contributed by atoms with Gasteiger partial charge in [-0.05, 0) is 61.4 Å². The lowest BCUT2D eigenvalue weighted by Gasteiger charge is -2.13. The SMILES string of the molecule is [B-][N+]1=CC=CC1=C(CCN)c1[nH]c(/C=C/c2ccc(-c3ccccc3)s2)cc1C. The van der Waals surface area contributed by atoms with E-state index in [1.54, 1.807) is 15.8 Å². The maximum absolute atomic E-state index is 6.08. The number of rotatable bonds is 6. The Morgan fingerprint density at radius 1 is 1.17 bits per heavy atom. The van der Waals surface area contributed by atoms with Crippen molar-refractivity contribution >= 4 is 43.3 Å². The normalized spacial score (nSPS) is 15.3. The highest BCUT2D eigenvalue weighted by Gasteiger charge is 2.16. The van der Waals surface area contributed by atoms with Gasteiger partial charge in [-0.25, -0.2) is 0 Å². The van der Waals surface area contributed by atoms with Gasteiger partial charge in [0.25, 0.3) is 0 Å². The number of nitrogens with zero attached hydrogens (tertiary/aromatic N) is 1. The summed E-state index contributed by atoms with van der Waals surface area (Å²) in [6.07, 6.45) is 10.9. The van der Waals surface area contributed by atoms with Crippen molar-refractivity contribution in [3.05, 3.63) is 88.2 Å². The summed E-state index contributed by atoms with van der Waals surface area (Å²) in [5.74, 6) is 0. The smallest absolute Gasteiger partial charge is 0.150 e. The Hall–Kier alpha value is -2.89. The fourth-order valence-electron chi connectivity index (χ4n) is 3.53. The second-order valence-corrected chi connectivity index (χ2v) is 8.12. The third kappa shape index (κ3) is 4.26. The van der Waals surface area contributed by atoms with Gasteiger partial charge in [0.1, 0.15) is 6.21 Å². The number of hydrogen-bond acceptors (Lipinski definition) is 2. The Kier molecular flexibility index (Phi) is 5.79. The number of benzene rings is 1. The molecular weight excluding hydrogens is 373 g/mol. The van der Waals surface area contributed by atoms with E-state index in [0.717, 1.165) is 29.1 Å². The molecule has 0 spiro atoms. The predicted molar refractivity (Wildman–Crippen MR) is 126 cm³/mol. The number of aryl methyl sites for hydroxylation is 1. The highest BCUT2D eigenvalue weighted by Crippen LogP contribution is 2.30. The van der Waals surface area contributed by atoms with Crippen LogP contribution in [0.1, 0.15) is 28.2 Å². The Morgan fingerprint density at radius 3 is 2.72 bits per heavy atom. The highest BCUT2D eigenvalue weighted by atomic mass is 32.1. The lowest BCUT2D eigenvalue weighted by Crippen LogP contribution is -2.09. The summed E-state index contributed by atoms with van der Waals surface area (Å²) in [5.41, 5.74) is 12.6. The molecule has 5 heteroatoms. The molecule has 3 radical (unpaired) electrons. The van der Waals surface area contributed by atoms with Gasteiger partial charge >= 0.3 is 0 Å². The minimum absolute atomic E-state index is 0.571. The van der Waals surface area contributed by atoms with Crippen LogP contribution in [0.5, 0.6) is 0 Å². The van der Waals surface area contributed by atoms with Gasteiger partial charge in [-0.15, -0.1) is 19.3 Å². The van der Waals surface area contributed by atoms with Crippen LogP contribution in [0, 0.1) is 6.92 Å². The molecule has 0 fully saturated rings. The molecule has 3 N–H and O–H groups in total. The predicted octanol–water partition coefficient (Wildman–Crippen LogP) is 5.02. The molecule has 1 aliphatic heterocycles. The fourth-order valence-corrected chi connectivity index (χ4v) is 4.45. The summed E-state index contributed by atoms with van der Waals surface area (Å²) in [5, 5.41) is 0. The molecule has 3 nitrogen and oxygen atoms in total. The third-order valence-electron chi connectivity index (χ3n) is 4.93. The van der Waals surface area contributed by atoms with Crippen LogP contribution < -0.4 is 5.73 Å². The monoisotopic (exact) mass is 396 g/mol. The van der Waals surface area contributed by atoms with Crippen LogP contribution in [-0.2, 0) is 0 Å². The fraction of sp³-hybridized carbons (Fsp3) is 0.125. The molecule has 0 saturated carbocycles. The average molecular weight is 396 g/mol. The largest absolute Gasteiger partial charge is 0.509 e. The minimum atomic E-state index is 0.571. The Labute approximate surface area is 177 Å². The van der Waals surface area contributed by atoms with E-state index in [4.69, 9.17) is 13.7 Å². The molecule has 2 aromatic heterocycles. The average Bonchev–Trinajstić information content (AvgIpc) is 3.46. The van der Waals surface area contributed by atoms with Gasteiger partial charge in [0.05, 0.1) is 5.69 Å². The van der Waals surface area contributed by atoms with Gasteiger partial charge in [0.2, 0.25) is 0 Å². The molecule has 0 unspecified atom stereocenters. The van der Waals surface area contributed by atoms with Crippen molar-refractivity contribution < 1.29 is 4.49 Å². The number of thiophene rings is 1. The third-order valence-corrected chi connectivity index (χ3v) is 6.03.